The molecule has 1 aromatic rings. The number of rotatable bonds is 5. The summed E-state index contributed by atoms with van der Waals surface area (Å²) in [6.45, 7) is 1.10. The maximum atomic E-state index is 8.97. The molecule has 0 spiro atoms. The number of benzene rings is 1. The van der Waals surface area contributed by atoms with E-state index < -0.39 is 0 Å². The highest BCUT2D eigenvalue weighted by molar-refractivity contribution is 6.32. The molecule has 2 N–H and O–H groups in total. The predicted octanol–water partition coefficient (Wildman–Crippen LogP) is 2.79. The van der Waals surface area contributed by atoms with E-state index in [0.29, 0.717) is 10.6 Å². The fraction of sp³-hybridized carbons (Fsp3) is 0.462. The van der Waals surface area contributed by atoms with Gasteiger partial charge in [0.1, 0.15) is 6.07 Å². The van der Waals surface area contributed by atoms with Gasteiger partial charge in [0.25, 0.3) is 0 Å². The number of nitrogens with one attached hydrogen (secondary N) is 1. The van der Waals surface area contributed by atoms with E-state index in [-0.39, 0.29) is 12.0 Å². The molecule has 1 aliphatic rings. The van der Waals surface area contributed by atoms with Crippen molar-refractivity contribution in [3.8, 4) is 6.07 Å². The number of nitrogens with zero attached hydrogens (tertiary/aromatic N) is 1. The molecular formula is C13H15ClN2O. The quantitative estimate of drug-likeness (QED) is 0.845. The van der Waals surface area contributed by atoms with E-state index in [0.717, 1.165) is 18.7 Å². The maximum Gasteiger partial charge on any atom is 0.101 e. The Bertz CT molecular complexity index is 449. The first-order chi connectivity index (χ1) is 8.19. The number of aliphatic hydroxyl groups is 1. The van der Waals surface area contributed by atoms with Gasteiger partial charge in [-0.1, -0.05) is 11.6 Å². The van der Waals surface area contributed by atoms with Gasteiger partial charge in [0.05, 0.1) is 10.6 Å². The number of halogens is 1. The van der Waals surface area contributed by atoms with E-state index in [1.54, 1.807) is 12.1 Å². The van der Waals surface area contributed by atoms with Crippen LogP contribution in [0.3, 0.4) is 0 Å². The zero-order chi connectivity index (χ0) is 12.3. The molecule has 0 amide bonds. The van der Waals surface area contributed by atoms with Crippen LogP contribution in [0.15, 0.2) is 18.2 Å². The van der Waals surface area contributed by atoms with Crippen molar-refractivity contribution < 1.29 is 5.11 Å². The second kappa shape index (κ2) is 4.95. The van der Waals surface area contributed by atoms with Crippen molar-refractivity contribution in [3.05, 3.63) is 28.8 Å². The Hall–Kier alpha value is -1.24. The second-order valence-electron chi connectivity index (χ2n) is 4.63. The number of anilines is 1. The van der Waals surface area contributed by atoms with Crippen LogP contribution in [0.2, 0.25) is 5.02 Å². The Morgan fingerprint density at radius 1 is 1.47 bits per heavy atom. The molecule has 1 saturated carbocycles. The van der Waals surface area contributed by atoms with Gasteiger partial charge in [-0.05, 0) is 42.9 Å². The Morgan fingerprint density at radius 2 is 2.24 bits per heavy atom. The van der Waals surface area contributed by atoms with Crippen LogP contribution in [0, 0.1) is 16.7 Å². The van der Waals surface area contributed by atoms with Gasteiger partial charge in [-0.25, -0.2) is 0 Å². The smallest absolute Gasteiger partial charge is 0.101 e. The molecule has 1 fully saturated rings. The van der Waals surface area contributed by atoms with Crippen molar-refractivity contribution in [1.29, 1.82) is 5.26 Å². The molecule has 90 valence electrons. The minimum Gasteiger partial charge on any atom is -0.396 e. The molecule has 1 aliphatic carbocycles. The summed E-state index contributed by atoms with van der Waals surface area (Å²) in [4.78, 5) is 0. The van der Waals surface area contributed by atoms with E-state index in [9.17, 15) is 0 Å². The lowest BCUT2D eigenvalue weighted by molar-refractivity contribution is 0.253. The molecule has 4 heteroatoms. The maximum absolute atomic E-state index is 8.97. The second-order valence-corrected chi connectivity index (χ2v) is 5.04. The average Bonchev–Trinajstić information content (AvgIpc) is 3.08. The van der Waals surface area contributed by atoms with Gasteiger partial charge in [-0.15, -0.1) is 0 Å². The largest absolute Gasteiger partial charge is 0.396 e. The van der Waals surface area contributed by atoms with Crippen molar-refractivity contribution in [3.63, 3.8) is 0 Å². The standard InChI is InChI=1S/C13H15ClN2O/c14-12-7-11(2-1-10(12)8-15)16-9-13(3-4-13)5-6-17/h1-2,7,16-17H,3-6,9H2. The third-order valence-corrected chi connectivity index (χ3v) is 3.67. The Balaban J connectivity index is 1.96. The van der Waals surface area contributed by atoms with Crippen molar-refractivity contribution in [2.75, 3.05) is 18.5 Å². The lowest BCUT2D eigenvalue weighted by Crippen LogP contribution is -2.16. The lowest BCUT2D eigenvalue weighted by Gasteiger charge is -2.15. The fourth-order valence-corrected chi connectivity index (χ4v) is 2.16. The van der Waals surface area contributed by atoms with Crippen molar-refractivity contribution in [2.45, 2.75) is 19.3 Å². The highest BCUT2D eigenvalue weighted by Gasteiger charge is 2.41. The number of nitriles is 1. The topological polar surface area (TPSA) is 56.0 Å². The summed E-state index contributed by atoms with van der Waals surface area (Å²) in [5, 5.41) is 21.5. The van der Waals surface area contributed by atoms with Crippen LogP contribution < -0.4 is 5.32 Å². The summed E-state index contributed by atoms with van der Waals surface area (Å²) in [5.41, 5.74) is 1.70. The molecular weight excluding hydrogens is 236 g/mol. The van der Waals surface area contributed by atoms with Gasteiger partial charge in [-0.3, -0.25) is 0 Å². The zero-order valence-electron chi connectivity index (χ0n) is 9.54. The molecule has 1 aromatic carbocycles. The van der Waals surface area contributed by atoms with Gasteiger partial charge in [0.15, 0.2) is 0 Å². The number of aliphatic hydroxyl groups excluding tert-OH is 1. The lowest BCUT2D eigenvalue weighted by atomic mass is 10.0. The zero-order valence-corrected chi connectivity index (χ0v) is 10.3. The van der Waals surface area contributed by atoms with Gasteiger partial charge < -0.3 is 10.4 Å². The minimum absolute atomic E-state index is 0.246. The molecule has 0 radical (unpaired) electrons. The SMILES string of the molecule is N#Cc1ccc(NCC2(CCO)CC2)cc1Cl. The summed E-state index contributed by atoms with van der Waals surface area (Å²) in [6.07, 6.45) is 3.19. The van der Waals surface area contributed by atoms with Crippen LogP contribution >= 0.6 is 11.6 Å². The molecule has 2 rings (SSSR count). The average molecular weight is 251 g/mol. The normalized spacial score (nSPS) is 16.3. The molecule has 0 atom stereocenters. The molecule has 0 aromatic heterocycles. The summed E-state index contributed by atoms with van der Waals surface area (Å²) in [5.74, 6) is 0. The Morgan fingerprint density at radius 3 is 2.76 bits per heavy atom. The summed E-state index contributed by atoms with van der Waals surface area (Å²) in [7, 11) is 0. The van der Waals surface area contributed by atoms with E-state index in [4.69, 9.17) is 22.0 Å². The fourth-order valence-electron chi connectivity index (χ4n) is 1.93. The van der Waals surface area contributed by atoms with E-state index in [1.165, 1.54) is 12.8 Å². The van der Waals surface area contributed by atoms with E-state index in [2.05, 4.69) is 5.32 Å². The molecule has 0 saturated heterocycles. The summed E-state index contributed by atoms with van der Waals surface area (Å²) < 4.78 is 0. The Kier molecular flexibility index (Phi) is 3.56. The van der Waals surface area contributed by atoms with Gasteiger partial charge >= 0.3 is 0 Å². The molecule has 0 heterocycles. The van der Waals surface area contributed by atoms with Crippen molar-refractivity contribution in [2.24, 2.45) is 5.41 Å². The first kappa shape index (κ1) is 12.2. The predicted molar refractivity (Wildman–Crippen MR) is 68.0 cm³/mol. The molecule has 0 bridgehead atoms. The molecule has 0 aliphatic heterocycles. The van der Waals surface area contributed by atoms with Gasteiger partial charge in [-0.2, -0.15) is 5.26 Å². The summed E-state index contributed by atoms with van der Waals surface area (Å²) >= 11 is 5.95. The first-order valence-electron chi connectivity index (χ1n) is 5.73. The van der Waals surface area contributed by atoms with Crippen LogP contribution in [0.25, 0.3) is 0 Å². The van der Waals surface area contributed by atoms with Crippen LogP contribution in [0.4, 0.5) is 5.69 Å². The van der Waals surface area contributed by atoms with Gasteiger partial charge in [0, 0.05) is 18.8 Å². The van der Waals surface area contributed by atoms with E-state index >= 15 is 0 Å². The van der Waals surface area contributed by atoms with Crippen LogP contribution in [-0.4, -0.2) is 18.3 Å². The highest BCUT2D eigenvalue weighted by Crippen LogP contribution is 2.48. The molecule has 0 unspecified atom stereocenters. The molecule has 17 heavy (non-hydrogen) atoms. The highest BCUT2D eigenvalue weighted by atomic mass is 35.5. The Labute approximate surface area is 106 Å². The van der Waals surface area contributed by atoms with Crippen LogP contribution in [0.5, 0.6) is 0 Å². The number of hydrogen-bond donors (Lipinski definition) is 2. The third kappa shape index (κ3) is 2.91. The van der Waals surface area contributed by atoms with Crippen LogP contribution in [0.1, 0.15) is 24.8 Å². The monoisotopic (exact) mass is 250 g/mol. The van der Waals surface area contributed by atoms with Crippen LogP contribution in [-0.2, 0) is 0 Å². The molecule has 3 nitrogen and oxygen atoms in total. The van der Waals surface area contributed by atoms with Crippen molar-refractivity contribution >= 4 is 17.3 Å². The van der Waals surface area contributed by atoms with Gasteiger partial charge in [0.2, 0.25) is 0 Å². The number of hydrogen-bond acceptors (Lipinski definition) is 3. The first-order valence-corrected chi connectivity index (χ1v) is 6.11. The van der Waals surface area contributed by atoms with E-state index in [1.807, 2.05) is 12.1 Å². The third-order valence-electron chi connectivity index (χ3n) is 3.36. The minimum atomic E-state index is 0.246. The summed E-state index contributed by atoms with van der Waals surface area (Å²) in [6, 6.07) is 7.39. The van der Waals surface area contributed by atoms with Crippen molar-refractivity contribution in [1.82, 2.24) is 0 Å².